The van der Waals surface area contributed by atoms with Crippen LogP contribution >= 0.6 is 23.2 Å². The molecule has 0 saturated carbocycles. The fourth-order valence-electron chi connectivity index (χ4n) is 3.40. The van der Waals surface area contributed by atoms with Crippen LogP contribution in [-0.4, -0.2) is 74.2 Å². The minimum absolute atomic E-state index is 0.0137. The summed E-state index contributed by atoms with van der Waals surface area (Å²) >= 11 is 12.0. The third-order valence-corrected chi connectivity index (χ3v) is 7.53. The second-order valence-corrected chi connectivity index (χ2v) is 9.45. The standard InChI is InChI=1S/C17H23Cl2N3O3S/c18-14-4-5-15(19)16(12-14)26(24,25)22-10-8-21(9-11-22)17(23)13-20-6-2-1-3-7-20/h4-5,12H,1-3,6-11,13H2. The Hall–Kier alpha value is -0.860. The number of likely N-dealkylation sites (tertiary alicyclic amines) is 1. The Morgan fingerprint density at radius 1 is 0.962 bits per heavy atom. The van der Waals surface area contributed by atoms with Gasteiger partial charge in [-0.3, -0.25) is 9.69 Å². The van der Waals surface area contributed by atoms with Crippen molar-refractivity contribution in [2.75, 3.05) is 45.8 Å². The molecule has 2 fully saturated rings. The van der Waals surface area contributed by atoms with Gasteiger partial charge in [0.05, 0.1) is 11.6 Å². The van der Waals surface area contributed by atoms with Crippen LogP contribution in [0.3, 0.4) is 0 Å². The van der Waals surface area contributed by atoms with Crippen LogP contribution in [0.1, 0.15) is 19.3 Å². The molecule has 0 unspecified atom stereocenters. The van der Waals surface area contributed by atoms with Crippen molar-refractivity contribution in [3.05, 3.63) is 28.2 Å². The number of nitrogens with zero attached hydrogens (tertiary/aromatic N) is 3. The predicted octanol–water partition coefficient (Wildman–Crippen LogP) is 2.31. The summed E-state index contributed by atoms with van der Waals surface area (Å²) in [6.45, 7) is 3.66. The first-order chi connectivity index (χ1) is 12.4. The quantitative estimate of drug-likeness (QED) is 0.750. The van der Waals surface area contributed by atoms with Crippen LogP contribution in [0, 0.1) is 0 Å². The summed E-state index contributed by atoms with van der Waals surface area (Å²) in [6.07, 6.45) is 3.51. The average Bonchev–Trinajstić information content (AvgIpc) is 2.64. The van der Waals surface area contributed by atoms with Gasteiger partial charge in [0.1, 0.15) is 4.90 Å². The third kappa shape index (κ3) is 4.51. The number of hydrogen-bond donors (Lipinski definition) is 0. The molecule has 2 saturated heterocycles. The maximum atomic E-state index is 12.8. The van der Waals surface area contributed by atoms with Gasteiger partial charge < -0.3 is 4.90 Å². The van der Waals surface area contributed by atoms with Gasteiger partial charge in [0.15, 0.2) is 0 Å². The second-order valence-electron chi connectivity index (χ2n) is 6.70. The second kappa shape index (κ2) is 8.44. The zero-order chi connectivity index (χ0) is 18.7. The molecular weight excluding hydrogens is 397 g/mol. The Bertz CT molecular complexity index is 759. The lowest BCUT2D eigenvalue weighted by atomic mass is 10.1. The van der Waals surface area contributed by atoms with E-state index in [1.54, 1.807) is 11.0 Å². The number of amides is 1. The van der Waals surface area contributed by atoms with E-state index < -0.39 is 10.0 Å². The summed E-state index contributed by atoms with van der Waals surface area (Å²) < 4.78 is 27.0. The normalized spacial score (nSPS) is 20.3. The summed E-state index contributed by atoms with van der Waals surface area (Å²) in [5, 5.41) is 0.473. The summed E-state index contributed by atoms with van der Waals surface area (Å²) in [5.74, 6) is 0.0738. The monoisotopic (exact) mass is 419 g/mol. The van der Waals surface area contributed by atoms with E-state index in [1.807, 2.05) is 0 Å². The van der Waals surface area contributed by atoms with Gasteiger partial charge in [-0.2, -0.15) is 4.31 Å². The van der Waals surface area contributed by atoms with E-state index in [0.717, 1.165) is 25.9 Å². The highest BCUT2D eigenvalue weighted by Gasteiger charge is 2.32. The maximum absolute atomic E-state index is 12.8. The minimum atomic E-state index is -3.72. The molecule has 0 N–H and O–H groups in total. The minimum Gasteiger partial charge on any atom is -0.339 e. The van der Waals surface area contributed by atoms with Crippen LogP contribution in [0.15, 0.2) is 23.1 Å². The van der Waals surface area contributed by atoms with Gasteiger partial charge in [0, 0.05) is 31.2 Å². The van der Waals surface area contributed by atoms with Crippen LogP contribution in [0.25, 0.3) is 0 Å². The molecule has 1 aromatic rings. The highest BCUT2D eigenvalue weighted by atomic mass is 35.5. The van der Waals surface area contributed by atoms with Gasteiger partial charge in [0.2, 0.25) is 15.9 Å². The number of benzene rings is 1. The van der Waals surface area contributed by atoms with Crippen molar-refractivity contribution >= 4 is 39.1 Å². The number of piperazine rings is 1. The molecule has 0 aliphatic carbocycles. The third-order valence-electron chi connectivity index (χ3n) is 4.91. The highest BCUT2D eigenvalue weighted by Crippen LogP contribution is 2.28. The number of carbonyl (C=O) groups excluding carboxylic acids is 1. The number of hydrogen-bond acceptors (Lipinski definition) is 4. The van der Waals surface area contributed by atoms with Crippen molar-refractivity contribution in [1.82, 2.24) is 14.1 Å². The lowest BCUT2D eigenvalue weighted by Crippen LogP contribution is -2.52. The predicted molar refractivity (Wildman–Crippen MR) is 102 cm³/mol. The van der Waals surface area contributed by atoms with E-state index in [-0.39, 0.29) is 28.9 Å². The molecular formula is C17H23Cl2N3O3S. The Kier molecular flexibility index (Phi) is 6.45. The summed E-state index contributed by atoms with van der Waals surface area (Å²) in [4.78, 5) is 16.4. The zero-order valence-corrected chi connectivity index (χ0v) is 16.9. The number of carbonyl (C=O) groups is 1. The molecule has 0 spiro atoms. The fourth-order valence-corrected chi connectivity index (χ4v) is 5.56. The van der Waals surface area contributed by atoms with E-state index in [2.05, 4.69) is 4.90 Å². The first-order valence-electron chi connectivity index (χ1n) is 8.83. The largest absolute Gasteiger partial charge is 0.339 e. The number of piperidine rings is 1. The molecule has 144 valence electrons. The van der Waals surface area contributed by atoms with Gasteiger partial charge in [-0.25, -0.2) is 8.42 Å². The summed E-state index contributed by atoms with van der Waals surface area (Å²) in [5.41, 5.74) is 0. The van der Waals surface area contributed by atoms with Gasteiger partial charge in [-0.15, -0.1) is 0 Å². The van der Waals surface area contributed by atoms with Crippen molar-refractivity contribution in [3.8, 4) is 0 Å². The summed E-state index contributed by atoms with van der Waals surface area (Å²) in [6, 6.07) is 4.41. The topological polar surface area (TPSA) is 60.9 Å². The van der Waals surface area contributed by atoms with Crippen LogP contribution in [-0.2, 0) is 14.8 Å². The van der Waals surface area contributed by atoms with Gasteiger partial charge >= 0.3 is 0 Å². The maximum Gasteiger partial charge on any atom is 0.244 e. The molecule has 0 bridgehead atoms. The van der Waals surface area contributed by atoms with Gasteiger partial charge in [-0.1, -0.05) is 29.6 Å². The first-order valence-corrected chi connectivity index (χ1v) is 11.0. The van der Waals surface area contributed by atoms with Crippen molar-refractivity contribution < 1.29 is 13.2 Å². The van der Waals surface area contributed by atoms with E-state index in [9.17, 15) is 13.2 Å². The Morgan fingerprint density at radius 3 is 2.27 bits per heavy atom. The fraction of sp³-hybridized carbons (Fsp3) is 0.588. The number of sulfonamides is 1. The molecule has 1 amide bonds. The van der Waals surface area contributed by atoms with Crippen molar-refractivity contribution in [2.24, 2.45) is 0 Å². The zero-order valence-electron chi connectivity index (χ0n) is 14.5. The van der Waals surface area contributed by atoms with E-state index in [0.29, 0.717) is 24.7 Å². The van der Waals surface area contributed by atoms with Gasteiger partial charge in [0.25, 0.3) is 0 Å². The number of rotatable bonds is 4. The smallest absolute Gasteiger partial charge is 0.244 e. The molecule has 0 atom stereocenters. The average molecular weight is 420 g/mol. The molecule has 6 nitrogen and oxygen atoms in total. The van der Waals surface area contributed by atoms with E-state index >= 15 is 0 Å². The lowest BCUT2D eigenvalue weighted by Gasteiger charge is -2.35. The van der Waals surface area contributed by atoms with Crippen LogP contribution in [0.2, 0.25) is 10.0 Å². The highest BCUT2D eigenvalue weighted by molar-refractivity contribution is 7.89. The molecule has 0 radical (unpaired) electrons. The van der Waals surface area contributed by atoms with Crippen molar-refractivity contribution in [2.45, 2.75) is 24.2 Å². The van der Waals surface area contributed by atoms with Crippen molar-refractivity contribution in [1.29, 1.82) is 0 Å². The van der Waals surface area contributed by atoms with E-state index in [1.165, 1.54) is 22.9 Å². The summed E-state index contributed by atoms with van der Waals surface area (Å²) in [7, 11) is -3.72. The Labute approximate surface area is 164 Å². The molecule has 2 aliphatic rings. The van der Waals surface area contributed by atoms with Gasteiger partial charge in [-0.05, 0) is 44.1 Å². The molecule has 2 heterocycles. The molecule has 1 aromatic carbocycles. The van der Waals surface area contributed by atoms with Crippen LogP contribution < -0.4 is 0 Å². The lowest BCUT2D eigenvalue weighted by molar-refractivity contribution is -0.133. The Morgan fingerprint density at radius 2 is 1.62 bits per heavy atom. The molecule has 3 rings (SSSR count). The molecule has 0 aromatic heterocycles. The van der Waals surface area contributed by atoms with Crippen LogP contribution in [0.5, 0.6) is 0 Å². The number of halogens is 2. The SMILES string of the molecule is O=C(CN1CCCCC1)N1CCN(S(=O)(=O)c2cc(Cl)ccc2Cl)CC1. The van der Waals surface area contributed by atoms with E-state index in [4.69, 9.17) is 23.2 Å². The van der Waals surface area contributed by atoms with Crippen LogP contribution in [0.4, 0.5) is 0 Å². The molecule has 26 heavy (non-hydrogen) atoms. The first kappa shape index (κ1) is 19.9. The Balaban J connectivity index is 1.60. The molecule has 2 aliphatic heterocycles. The van der Waals surface area contributed by atoms with Crippen molar-refractivity contribution in [3.63, 3.8) is 0 Å². The molecule has 9 heteroatoms.